The Bertz CT molecular complexity index is 1130. The number of amides is 2. The summed E-state index contributed by atoms with van der Waals surface area (Å²) in [5.41, 5.74) is 1.34. The van der Waals surface area contributed by atoms with Crippen molar-refractivity contribution in [1.29, 1.82) is 0 Å². The van der Waals surface area contributed by atoms with Crippen molar-refractivity contribution in [2.45, 2.75) is 65.5 Å². The number of hydrogen-bond acceptors (Lipinski definition) is 3. The smallest absolute Gasteiger partial charge is 0.314 e. The molecule has 176 valence electrons. The van der Waals surface area contributed by atoms with Gasteiger partial charge in [-0.1, -0.05) is 61.2 Å². The number of carbonyl (C=O) groups excluding carboxylic acids is 1. The maximum atomic E-state index is 13.5. The lowest BCUT2D eigenvalue weighted by Gasteiger charge is -2.32. The molecular formula is C26H33BrN4O2. The van der Waals surface area contributed by atoms with Crippen molar-refractivity contribution in [3.05, 3.63) is 69.2 Å². The zero-order chi connectivity index (χ0) is 23.8. The number of rotatable bonds is 10. The highest BCUT2D eigenvalue weighted by Gasteiger charge is 2.28. The third kappa shape index (κ3) is 6.02. The van der Waals surface area contributed by atoms with Crippen molar-refractivity contribution in [3.8, 4) is 0 Å². The fourth-order valence-corrected chi connectivity index (χ4v) is 4.39. The molecule has 7 heteroatoms. The molecule has 1 atom stereocenters. The molecule has 1 unspecified atom stereocenters. The molecule has 2 aromatic carbocycles. The van der Waals surface area contributed by atoms with Gasteiger partial charge in [-0.3, -0.25) is 9.36 Å². The van der Waals surface area contributed by atoms with E-state index in [9.17, 15) is 9.59 Å². The minimum Gasteiger partial charge on any atom is -0.314 e. The molecule has 0 aliphatic heterocycles. The summed E-state index contributed by atoms with van der Waals surface area (Å²) in [5, 5.41) is 3.64. The highest BCUT2D eigenvalue weighted by atomic mass is 79.9. The van der Waals surface area contributed by atoms with Gasteiger partial charge in [0.15, 0.2) is 0 Å². The Labute approximate surface area is 204 Å². The summed E-state index contributed by atoms with van der Waals surface area (Å²) in [6, 6.07) is 14.5. The molecule has 1 aromatic heterocycles. The van der Waals surface area contributed by atoms with Crippen molar-refractivity contribution in [1.82, 2.24) is 14.5 Å². The maximum absolute atomic E-state index is 13.5. The van der Waals surface area contributed by atoms with E-state index in [0.717, 1.165) is 35.8 Å². The van der Waals surface area contributed by atoms with Gasteiger partial charge in [0.05, 0.1) is 16.9 Å². The number of hydrogen-bond donors (Lipinski definition) is 1. The van der Waals surface area contributed by atoms with Crippen LogP contribution in [0.15, 0.2) is 57.8 Å². The molecule has 33 heavy (non-hydrogen) atoms. The minimum absolute atomic E-state index is 0.0594. The fourth-order valence-electron chi connectivity index (χ4n) is 4.12. The van der Waals surface area contributed by atoms with Gasteiger partial charge in [-0.2, -0.15) is 0 Å². The van der Waals surface area contributed by atoms with E-state index in [4.69, 9.17) is 4.98 Å². The Balaban J connectivity index is 2.00. The second-order valence-electron chi connectivity index (χ2n) is 8.15. The van der Waals surface area contributed by atoms with Crippen LogP contribution < -0.4 is 10.9 Å². The molecule has 0 radical (unpaired) electrons. The highest BCUT2D eigenvalue weighted by molar-refractivity contribution is 9.10. The third-order valence-electron chi connectivity index (χ3n) is 5.88. The minimum atomic E-state index is -0.306. The van der Waals surface area contributed by atoms with Gasteiger partial charge < -0.3 is 10.2 Å². The Kier molecular flexibility index (Phi) is 9.06. The SMILES string of the molecule is CCCCCCN(C(=O)Nc1ccc(Br)cc1)C(CC)c1nc2ccccc2c(=O)n1CC. The Hall–Kier alpha value is -2.67. The fraction of sp³-hybridized carbons (Fsp3) is 0.423. The zero-order valence-electron chi connectivity index (χ0n) is 19.7. The van der Waals surface area contributed by atoms with Gasteiger partial charge in [0, 0.05) is 23.2 Å². The van der Waals surface area contributed by atoms with Crippen LogP contribution in [0.4, 0.5) is 10.5 Å². The molecular weight excluding hydrogens is 480 g/mol. The largest absolute Gasteiger partial charge is 0.322 e. The van der Waals surface area contributed by atoms with Crippen molar-refractivity contribution in [2.75, 3.05) is 11.9 Å². The van der Waals surface area contributed by atoms with Crippen LogP contribution in [0.3, 0.4) is 0 Å². The Morgan fingerprint density at radius 1 is 1.06 bits per heavy atom. The first kappa shape index (κ1) is 25.0. The Morgan fingerprint density at radius 2 is 1.79 bits per heavy atom. The lowest BCUT2D eigenvalue weighted by atomic mass is 10.1. The van der Waals surface area contributed by atoms with E-state index in [1.165, 1.54) is 0 Å². The van der Waals surface area contributed by atoms with E-state index >= 15 is 0 Å². The van der Waals surface area contributed by atoms with E-state index in [1.54, 1.807) is 4.57 Å². The number of urea groups is 1. The van der Waals surface area contributed by atoms with Crippen LogP contribution in [0.5, 0.6) is 0 Å². The summed E-state index contributed by atoms with van der Waals surface area (Å²) < 4.78 is 2.67. The second kappa shape index (κ2) is 12.0. The molecule has 1 heterocycles. The third-order valence-corrected chi connectivity index (χ3v) is 6.41. The molecule has 6 nitrogen and oxygen atoms in total. The first-order valence-electron chi connectivity index (χ1n) is 11.8. The predicted octanol–water partition coefficient (Wildman–Crippen LogP) is 6.74. The van der Waals surface area contributed by atoms with Gasteiger partial charge in [-0.05, 0) is 56.2 Å². The normalized spacial score (nSPS) is 12.0. The van der Waals surface area contributed by atoms with Crippen molar-refractivity contribution >= 4 is 38.6 Å². The van der Waals surface area contributed by atoms with Crippen LogP contribution in [0, 0.1) is 0 Å². The number of para-hydroxylation sites is 1. The lowest BCUT2D eigenvalue weighted by molar-refractivity contribution is 0.178. The molecule has 2 amide bonds. The van der Waals surface area contributed by atoms with Crippen LogP contribution in [-0.4, -0.2) is 27.0 Å². The van der Waals surface area contributed by atoms with Crippen LogP contribution in [0.25, 0.3) is 10.9 Å². The number of nitrogens with zero attached hydrogens (tertiary/aromatic N) is 3. The number of aromatic nitrogens is 2. The lowest BCUT2D eigenvalue weighted by Crippen LogP contribution is -2.41. The molecule has 0 saturated carbocycles. The number of unbranched alkanes of at least 4 members (excludes halogenated alkanes) is 3. The monoisotopic (exact) mass is 512 g/mol. The van der Waals surface area contributed by atoms with Gasteiger partial charge in [-0.15, -0.1) is 0 Å². The quantitative estimate of drug-likeness (QED) is 0.305. The van der Waals surface area contributed by atoms with E-state index < -0.39 is 0 Å². The first-order chi connectivity index (χ1) is 16.0. The zero-order valence-corrected chi connectivity index (χ0v) is 21.3. The summed E-state index contributed by atoms with van der Waals surface area (Å²) >= 11 is 3.43. The molecule has 0 fully saturated rings. The van der Waals surface area contributed by atoms with Crippen molar-refractivity contribution < 1.29 is 4.79 Å². The first-order valence-corrected chi connectivity index (χ1v) is 12.6. The van der Waals surface area contributed by atoms with Gasteiger partial charge in [-0.25, -0.2) is 9.78 Å². The van der Waals surface area contributed by atoms with E-state index in [2.05, 4.69) is 28.2 Å². The van der Waals surface area contributed by atoms with Crippen LogP contribution in [-0.2, 0) is 6.54 Å². The highest BCUT2D eigenvalue weighted by Crippen LogP contribution is 2.26. The molecule has 1 N–H and O–H groups in total. The number of anilines is 1. The summed E-state index contributed by atoms with van der Waals surface area (Å²) in [7, 11) is 0. The summed E-state index contributed by atoms with van der Waals surface area (Å²) in [6.07, 6.45) is 4.88. The summed E-state index contributed by atoms with van der Waals surface area (Å²) in [5.74, 6) is 0.644. The maximum Gasteiger partial charge on any atom is 0.322 e. The summed E-state index contributed by atoms with van der Waals surface area (Å²) in [6.45, 7) is 7.26. The van der Waals surface area contributed by atoms with E-state index in [1.807, 2.05) is 67.3 Å². The standard InChI is InChI=1S/C26H33BrN4O2/c1-4-7-8-11-18-31(26(33)28-20-16-14-19(27)15-17-20)23(5-2)24-29-22-13-10-9-12-21(22)25(32)30(24)6-3/h9-10,12-17,23H,4-8,11,18H2,1-3H3,(H,28,33). The van der Waals surface area contributed by atoms with Crippen molar-refractivity contribution in [2.24, 2.45) is 0 Å². The number of nitrogens with one attached hydrogen (secondary N) is 1. The van der Waals surface area contributed by atoms with E-state index in [-0.39, 0.29) is 17.6 Å². The Morgan fingerprint density at radius 3 is 2.45 bits per heavy atom. The number of halogens is 1. The number of carbonyl (C=O) groups is 1. The van der Waals surface area contributed by atoms with Crippen LogP contribution in [0.1, 0.15) is 64.7 Å². The topological polar surface area (TPSA) is 67.2 Å². The second-order valence-corrected chi connectivity index (χ2v) is 9.07. The average Bonchev–Trinajstić information content (AvgIpc) is 2.82. The number of benzene rings is 2. The van der Waals surface area contributed by atoms with Gasteiger partial charge in [0.2, 0.25) is 0 Å². The summed E-state index contributed by atoms with van der Waals surface area (Å²) in [4.78, 5) is 33.4. The molecule has 0 spiro atoms. The molecule has 0 aliphatic rings. The van der Waals surface area contributed by atoms with Gasteiger partial charge in [0.25, 0.3) is 5.56 Å². The molecule has 0 bridgehead atoms. The average molecular weight is 513 g/mol. The molecule has 0 aliphatic carbocycles. The molecule has 3 aromatic rings. The van der Waals surface area contributed by atoms with Gasteiger partial charge in [0.1, 0.15) is 5.82 Å². The van der Waals surface area contributed by atoms with Crippen LogP contribution in [0.2, 0.25) is 0 Å². The van der Waals surface area contributed by atoms with Gasteiger partial charge >= 0.3 is 6.03 Å². The van der Waals surface area contributed by atoms with E-state index in [0.29, 0.717) is 36.2 Å². The van der Waals surface area contributed by atoms with Crippen LogP contribution >= 0.6 is 15.9 Å². The molecule has 0 saturated heterocycles. The molecule has 3 rings (SSSR count). The van der Waals surface area contributed by atoms with Crippen molar-refractivity contribution in [3.63, 3.8) is 0 Å². The number of fused-ring (bicyclic) bond motifs is 1. The predicted molar refractivity (Wildman–Crippen MR) is 139 cm³/mol.